The van der Waals surface area contributed by atoms with Crippen molar-refractivity contribution in [1.82, 2.24) is 0 Å². The van der Waals surface area contributed by atoms with Gasteiger partial charge in [-0.1, -0.05) is 183 Å². The molecule has 0 aromatic heterocycles. The minimum Gasteiger partial charge on any atom is -0.457 e. The largest absolute Gasteiger partial charge is 0.457 e. The first-order valence-electron chi connectivity index (χ1n) is 29.0. The van der Waals surface area contributed by atoms with E-state index in [1.165, 1.54) is 77.0 Å². The average Bonchev–Trinajstić information content (AvgIpc) is 3.40. The Hall–Kier alpha value is -2.57. The van der Waals surface area contributed by atoms with E-state index in [0.29, 0.717) is 13.0 Å². The lowest BCUT2D eigenvalue weighted by atomic mass is 9.98. The number of unbranched alkanes of at least 4 members (excludes halogenated alkanes) is 20. The van der Waals surface area contributed by atoms with Crippen LogP contribution >= 0.6 is 0 Å². The Labute approximate surface area is 447 Å². The Morgan fingerprint density at radius 3 is 1.39 bits per heavy atom. The molecule has 0 radical (unpaired) electrons. The number of carbonyl (C=O) groups is 1. The highest BCUT2D eigenvalue weighted by molar-refractivity contribution is 5.69. The zero-order valence-corrected chi connectivity index (χ0v) is 45.8. The molecule has 428 valence electrons. The Bertz CT molecular complexity index is 1500. The van der Waals surface area contributed by atoms with E-state index in [1.54, 1.807) is 0 Å². The average molecular weight is 1050 g/mol. The summed E-state index contributed by atoms with van der Waals surface area (Å²) in [4.78, 5) is 13.1. The molecular formula is C60H104O14. The Kier molecular flexibility index (Phi) is 42.5. The van der Waals surface area contributed by atoms with Crippen LogP contribution in [0.5, 0.6) is 0 Å². The lowest BCUT2D eigenvalue weighted by Crippen LogP contribution is -2.61. The van der Waals surface area contributed by atoms with Gasteiger partial charge in [-0.25, -0.2) is 0 Å². The summed E-state index contributed by atoms with van der Waals surface area (Å²) in [5, 5.41) is 72.3. The highest BCUT2D eigenvalue weighted by Crippen LogP contribution is 2.26. The van der Waals surface area contributed by atoms with Crippen molar-refractivity contribution in [1.29, 1.82) is 0 Å². The molecule has 7 N–H and O–H groups in total. The van der Waals surface area contributed by atoms with Crippen molar-refractivity contribution in [3.8, 4) is 0 Å². The molecule has 0 aromatic carbocycles. The third-order valence-electron chi connectivity index (χ3n) is 13.4. The second-order valence-corrected chi connectivity index (χ2v) is 20.1. The highest BCUT2D eigenvalue weighted by atomic mass is 16.7. The minimum absolute atomic E-state index is 0.0466. The van der Waals surface area contributed by atoms with Crippen LogP contribution in [0.1, 0.15) is 200 Å². The van der Waals surface area contributed by atoms with Gasteiger partial charge in [0, 0.05) is 13.0 Å². The molecule has 2 saturated heterocycles. The molecule has 14 heteroatoms. The van der Waals surface area contributed by atoms with E-state index in [4.69, 9.17) is 28.4 Å². The molecule has 0 aliphatic carbocycles. The second-order valence-electron chi connectivity index (χ2n) is 20.1. The molecule has 2 fully saturated rings. The number of aliphatic hydroxyl groups is 7. The van der Waals surface area contributed by atoms with Crippen LogP contribution in [-0.4, -0.2) is 142 Å². The maximum Gasteiger partial charge on any atom is 0.306 e. The van der Waals surface area contributed by atoms with Gasteiger partial charge in [-0.3, -0.25) is 4.79 Å². The zero-order chi connectivity index (χ0) is 53.7. The molecule has 0 spiro atoms. The molecule has 2 rings (SSSR count). The van der Waals surface area contributed by atoms with E-state index in [0.717, 1.165) is 96.3 Å². The topological polar surface area (TPSA) is 214 Å². The number of aliphatic hydroxyl groups excluding tert-OH is 7. The summed E-state index contributed by atoms with van der Waals surface area (Å²) >= 11 is 0. The highest BCUT2D eigenvalue weighted by Gasteiger charge is 2.47. The molecular weight excluding hydrogens is 945 g/mol. The summed E-state index contributed by atoms with van der Waals surface area (Å²) < 4.78 is 34.4. The van der Waals surface area contributed by atoms with E-state index in [9.17, 15) is 40.5 Å². The van der Waals surface area contributed by atoms with Crippen molar-refractivity contribution in [2.24, 2.45) is 0 Å². The number of carbonyl (C=O) groups excluding carboxylic acids is 1. The van der Waals surface area contributed by atoms with Crippen molar-refractivity contribution in [2.75, 3.05) is 33.0 Å². The van der Waals surface area contributed by atoms with Gasteiger partial charge in [-0.15, -0.1) is 0 Å². The van der Waals surface area contributed by atoms with Gasteiger partial charge >= 0.3 is 5.97 Å². The van der Waals surface area contributed by atoms with E-state index >= 15 is 0 Å². The van der Waals surface area contributed by atoms with Crippen molar-refractivity contribution in [2.45, 2.75) is 268 Å². The second kappa shape index (κ2) is 46.5. The monoisotopic (exact) mass is 1050 g/mol. The van der Waals surface area contributed by atoms with Crippen LogP contribution in [0.3, 0.4) is 0 Å². The fourth-order valence-corrected chi connectivity index (χ4v) is 8.78. The molecule has 0 aromatic rings. The quantitative estimate of drug-likeness (QED) is 0.0172. The van der Waals surface area contributed by atoms with Gasteiger partial charge in [-0.2, -0.15) is 0 Å². The van der Waals surface area contributed by atoms with E-state index in [-0.39, 0.29) is 25.6 Å². The molecule has 74 heavy (non-hydrogen) atoms. The van der Waals surface area contributed by atoms with Gasteiger partial charge in [0.05, 0.1) is 26.4 Å². The van der Waals surface area contributed by atoms with Gasteiger partial charge in [-0.05, 0) is 83.5 Å². The first-order chi connectivity index (χ1) is 36.1. The van der Waals surface area contributed by atoms with Crippen LogP contribution in [0, 0.1) is 0 Å². The predicted octanol–water partition coefficient (Wildman–Crippen LogP) is 10.2. The summed E-state index contributed by atoms with van der Waals surface area (Å²) in [7, 11) is 0. The SMILES string of the molecule is CC/C=C\C/C=C\C/C=C\C/C=C\C/C=C\CCCCCCCCOCC(COC1OC(COC2OC(CO)C(O)C(O)C2O)C(O)C(O)C1O)OC(=O)CCCCCCCCC/C=C\CCCCCCCCC. The summed E-state index contributed by atoms with van der Waals surface area (Å²) in [5.74, 6) is -0.388. The Morgan fingerprint density at radius 2 is 0.878 bits per heavy atom. The summed E-state index contributed by atoms with van der Waals surface area (Å²) in [5.41, 5.74) is 0. The molecule has 2 aliphatic rings. The zero-order valence-electron chi connectivity index (χ0n) is 45.8. The summed E-state index contributed by atoms with van der Waals surface area (Å²) in [6.45, 7) is 3.54. The van der Waals surface area contributed by atoms with Crippen LogP contribution in [0.25, 0.3) is 0 Å². The van der Waals surface area contributed by atoms with Crippen LogP contribution in [0.2, 0.25) is 0 Å². The van der Waals surface area contributed by atoms with Gasteiger partial charge in [0.15, 0.2) is 12.6 Å². The van der Waals surface area contributed by atoms with Gasteiger partial charge in [0.1, 0.15) is 54.9 Å². The van der Waals surface area contributed by atoms with Gasteiger partial charge < -0.3 is 64.2 Å². The van der Waals surface area contributed by atoms with Crippen molar-refractivity contribution in [3.05, 3.63) is 72.9 Å². The lowest BCUT2D eigenvalue weighted by Gasteiger charge is -2.42. The van der Waals surface area contributed by atoms with E-state index in [2.05, 4.69) is 86.8 Å². The van der Waals surface area contributed by atoms with Crippen LogP contribution in [-0.2, 0) is 33.2 Å². The number of hydrogen-bond acceptors (Lipinski definition) is 14. The fraction of sp³-hybridized carbons (Fsp3) is 0.783. The maximum atomic E-state index is 13.1. The fourth-order valence-electron chi connectivity index (χ4n) is 8.78. The van der Waals surface area contributed by atoms with Crippen molar-refractivity contribution >= 4 is 5.97 Å². The third-order valence-corrected chi connectivity index (χ3v) is 13.4. The Morgan fingerprint density at radius 1 is 0.459 bits per heavy atom. The smallest absolute Gasteiger partial charge is 0.306 e. The Balaban J connectivity index is 1.73. The number of rotatable bonds is 46. The summed E-state index contributed by atoms with van der Waals surface area (Å²) in [6, 6.07) is 0. The van der Waals surface area contributed by atoms with Crippen LogP contribution in [0.4, 0.5) is 0 Å². The lowest BCUT2D eigenvalue weighted by molar-refractivity contribution is -0.332. The van der Waals surface area contributed by atoms with E-state index < -0.39 is 80.7 Å². The normalized spacial score (nSPS) is 25.3. The van der Waals surface area contributed by atoms with Crippen LogP contribution < -0.4 is 0 Å². The minimum atomic E-state index is -1.71. The molecule has 14 nitrogen and oxygen atoms in total. The molecule has 0 saturated carbocycles. The number of allylic oxidation sites excluding steroid dienone is 12. The number of esters is 1. The first kappa shape index (κ1) is 67.5. The van der Waals surface area contributed by atoms with Gasteiger partial charge in [0.2, 0.25) is 0 Å². The maximum absolute atomic E-state index is 13.1. The summed E-state index contributed by atoms with van der Waals surface area (Å²) in [6.07, 6.45) is 42.4. The third kappa shape index (κ3) is 32.9. The van der Waals surface area contributed by atoms with E-state index in [1.807, 2.05) is 0 Å². The van der Waals surface area contributed by atoms with Gasteiger partial charge in [0.25, 0.3) is 0 Å². The number of hydrogen-bond donors (Lipinski definition) is 7. The van der Waals surface area contributed by atoms with Crippen LogP contribution in [0.15, 0.2) is 72.9 Å². The first-order valence-corrected chi connectivity index (χ1v) is 29.0. The molecule has 11 unspecified atom stereocenters. The standard InChI is InChI=1S/C60H104O14/c1-3-5-7-9-11-13-15-17-19-21-23-24-25-26-28-30-32-34-36-38-40-42-44-69-46-49(72-52(62)43-41-39-37-35-33-31-29-27-22-20-18-16-14-12-10-8-6-4-2)47-70-59-58(68)56(66)54(64)51(74-59)48-71-60-57(67)55(65)53(63)50(45-61)73-60/h5,7,11,13,17,19-20,22-24,26,28,49-51,53-61,63-68H,3-4,6,8-10,12,14-16,18,21,25,27,29-48H2,1-2H3/b7-5-,13-11-,19-17-,22-20-,24-23-,28-26-. The molecule has 2 aliphatic heterocycles. The molecule has 0 bridgehead atoms. The number of ether oxygens (including phenoxy) is 6. The molecule has 2 heterocycles. The molecule has 11 atom stereocenters. The molecule has 0 amide bonds. The van der Waals surface area contributed by atoms with Crippen molar-refractivity contribution < 1.29 is 69.0 Å². The predicted molar refractivity (Wildman–Crippen MR) is 293 cm³/mol. The van der Waals surface area contributed by atoms with Crippen molar-refractivity contribution in [3.63, 3.8) is 0 Å².